The van der Waals surface area contributed by atoms with E-state index in [1.807, 2.05) is 17.9 Å². The van der Waals surface area contributed by atoms with E-state index < -0.39 is 0 Å². The van der Waals surface area contributed by atoms with E-state index in [2.05, 4.69) is 73.0 Å². The molecule has 8 heteroatoms. The van der Waals surface area contributed by atoms with Crippen molar-refractivity contribution >= 4 is 5.96 Å². The molecule has 0 spiro atoms. The predicted molar refractivity (Wildman–Crippen MR) is 128 cm³/mol. The van der Waals surface area contributed by atoms with Crippen LogP contribution < -0.4 is 15.4 Å². The molecule has 1 aliphatic rings. The molecule has 2 unspecified atom stereocenters. The van der Waals surface area contributed by atoms with Gasteiger partial charge in [-0.05, 0) is 46.0 Å². The van der Waals surface area contributed by atoms with E-state index in [0.717, 1.165) is 50.0 Å². The maximum atomic E-state index is 6.18. The summed E-state index contributed by atoms with van der Waals surface area (Å²) in [5, 5.41) is 11.2. The first-order valence-electron chi connectivity index (χ1n) is 11.4. The summed E-state index contributed by atoms with van der Waals surface area (Å²) in [6, 6.07) is 6.52. The summed E-state index contributed by atoms with van der Waals surface area (Å²) >= 11 is 0. The molecule has 1 aromatic heterocycles. The summed E-state index contributed by atoms with van der Waals surface area (Å²) in [7, 11) is 6.10. The van der Waals surface area contributed by atoms with Crippen molar-refractivity contribution in [2.24, 2.45) is 18.0 Å². The van der Waals surface area contributed by atoms with E-state index in [4.69, 9.17) is 14.5 Å². The lowest BCUT2D eigenvalue weighted by molar-refractivity contribution is 0.166. The Morgan fingerprint density at radius 1 is 1.38 bits per heavy atom. The molecule has 32 heavy (non-hydrogen) atoms. The van der Waals surface area contributed by atoms with Crippen molar-refractivity contribution in [3.63, 3.8) is 0 Å². The second kappa shape index (κ2) is 11.9. The normalized spacial score (nSPS) is 17.6. The number of guanidine groups is 1. The van der Waals surface area contributed by atoms with Crippen LogP contribution in [0.25, 0.3) is 0 Å². The highest BCUT2D eigenvalue weighted by Crippen LogP contribution is 2.23. The monoisotopic (exact) mass is 442 g/mol. The minimum Gasteiger partial charge on any atom is -0.493 e. The number of aryl methyl sites for hydroxylation is 2. The molecule has 8 nitrogen and oxygen atoms in total. The van der Waals surface area contributed by atoms with Gasteiger partial charge in [-0.3, -0.25) is 4.68 Å². The average molecular weight is 443 g/mol. The standard InChI is InChI=1S/C24H38N6O2/c1-6-25-24(27-14-22(29(3)4)21-13-28-30(5)15-21)26-12-20-8-7-18(2)11-23(20)32-17-19-9-10-31-16-19/h7-8,11,13,15,19,22H,6,9-10,12,14,16-17H2,1-5H3,(H2,25,26,27). The second-order valence-electron chi connectivity index (χ2n) is 8.65. The molecule has 1 aliphatic heterocycles. The molecule has 1 fully saturated rings. The van der Waals surface area contributed by atoms with E-state index in [1.54, 1.807) is 0 Å². The fourth-order valence-electron chi connectivity index (χ4n) is 3.76. The largest absolute Gasteiger partial charge is 0.493 e. The molecule has 2 N–H and O–H groups in total. The van der Waals surface area contributed by atoms with E-state index in [0.29, 0.717) is 19.1 Å². The third-order valence-electron chi connectivity index (χ3n) is 5.67. The Morgan fingerprint density at radius 3 is 2.88 bits per heavy atom. The number of likely N-dealkylation sites (N-methyl/N-ethyl adjacent to an activating group) is 1. The Balaban J connectivity index is 1.66. The highest BCUT2D eigenvalue weighted by molar-refractivity contribution is 5.79. The lowest BCUT2D eigenvalue weighted by atomic mass is 10.1. The number of nitrogens with zero attached hydrogens (tertiary/aromatic N) is 4. The van der Waals surface area contributed by atoms with Crippen molar-refractivity contribution < 1.29 is 9.47 Å². The Bertz CT molecular complexity index is 873. The fourth-order valence-corrected chi connectivity index (χ4v) is 3.76. The van der Waals surface area contributed by atoms with Crippen molar-refractivity contribution in [3.8, 4) is 5.75 Å². The van der Waals surface area contributed by atoms with Crippen LogP contribution >= 0.6 is 0 Å². The molecular formula is C24H38N6O2. The molecule has 0 amide bonds. The van der Waals surface area contributed by atoms with Crippen LogP contribution in [0.3, 0.4) is 0 Å². The van der Waals surface area contributed by atoms with Gasteiger partial charge in [-0.25, -0.2) is 4.99 Å². The zero-order valence-electron chi connectivity index (χ0n) is 20.1. The summed E-state index contributed by atoms with van der Waals surface area (Å²) in [6.45, 7) is 8.55. The molecule has 2 heterocycles. The van der Waals surface area contributed by atoms with E-state index in [1.165, 1.54) is 11.1 Å². The SMILES string of the molecule is CCNC(=NCc1ccc(C)cc1OCC1CCOC1)NCC(c1cnn(C)c1)N(C)C. The van der Waals surface area contributed by atoms with Crippen LogP contribution in [-0.4, -0.2) is 67.6 Å². The Kier molecular flexibility index (Phi) is 8.93. The Labute approximate surface area is 192 Å². The predicted octanol–water partition coefficient (Wildman–Crippen LogP) is 2.50. The van der Waals surface area contributed by atoms with Crippen LogP contribution in [0.5, 0.6) is 5.75 Å². The van der Waals surface area contributed by atoms with Crippen molar-refractivity contribution in [1.29, 1.82) is 0 Å². The van der Waals surface area contributed by atoms with Crippen LogP contribution in [0.1, 0.15) is 36.1 Å². The molecule has 0 radical (unpaired) electrons. The van der Waals surface area contributed by atoms with E-state index >= 15 is 0 Å². The van der Waals surface area contributed by atoms with Crippen molar-refractivity contribution in [3.05, 3.63) is 47.3 Å². The fraction of sp³-hybridized carbons (Fsp3) is 0.583. The third kappa shape index (κ3) is 6.97. The van der Waals surface area contributed by atoms with Gasteiger partial charge >= 0.3 is 0 Å². The van der Waals surface area contributed by atoms with Crippen molar-refractivity contribution in [2.45, 2.75) is 32.9 Å². The molecular weight excluding hydrogens is 404 g/mol. The van der Waals surface area contributed by atoms with Crippen LogP contribution in [0, 0.1) is 12.8 Å². The average Bonchev–Trinajstić information content (AvgIpc) is 3.43. The molecule has 3 rings (SSSR count). The number of hydrogen-bond donors (Lipinski definition) is 2. The van der Waals surface area contributed by atoms with Crippen LogP contribution in [0.2, 0.25) is 0 Å². The molecule has 2 aromatic rings. The van der Waals surface area contributed by atoms with Crippen LogP contribution in [-0.2, 0) is 18.3 Å². The minimum atomic E-state index is 0.194. The molecule has 0 bridgehead atoms. The Morgan fingerprint density at radius 2 is 2.22 bits per heavy atom. The van der Waals surface area contributed by atoms with Gasteiger partial charge in [0.05, 0.1) is 32.0 Å². The molecule has 0 saturated carbocycles. The van der Waals surface area contributed by atoms with E-state index in [-0.39, 0.29) is 6.04 Å². The van der Waals surface area contributed by atoms with Crippen LogP contribution in [0.15, 0.2) is 35.6 Å². The minimum absolute atomic E-state index is 0.194. The van der Waals surface area contributed by atoms with Gasteiger partial charge < -0.3 is 25.0 Å². The van der Waals surface area contributed by atoms with Gasteiger partial charge in [0, 0.05) is 50.0 Å². The lowest BCUT2D eigenvalue weighted by Crippen LogP contribution is -2.41. The molecule has 1 saturated heterocycles. The molecule has 0 aliphatic carbocycles. The van der Waals surface area contributed by atoms with Crippen LogP contribution in [0.4, 0.5) is 0 Å². The third-order valence-corrected chi connectivity index (χ3v) is 5.67. The van der Waals surface area contributed by atoms with Gasteiger partial charge in [0.25, 0.3) is 0 Å². The smallest absolute Gasteiger partial charge is 0.191 e. The first-order chi connectivity index (χ1) is 15.5. The molecule has 2 atom stereocenters. The quantitative estimate of drug-likeness (QED) is 0.435. The zero-order chi connectivity index (χ0) is 22.9. The summed E-state index contributed by atoms with van der Waals surface area (Å²) in [5.41, 5.74) is 3.44. The van der Waals surface area contributed by atoms with Gasteiger partial charge in [0.1, 0.15) is 5.75 Å². The number of nitrogens with one attached hydrogen (secondary N) is 2. The topological polar surface area (TPSA) is 75.9 Å². The first-order valence-corrected chi connectivity index (χ1v) is 11.4. The highest BCUT2D eigenvalue weighted by atomic mass is 16.5. The number of ether oxygens (including phenoxy) is 2. The maximum absolute atomic E-state index is 6.18. The highest BCUT2D eigenvalue weighted by Gasteiger charge is 2.18. The number of aliphatic imine (C=N–C) groups is 1. The lowest BCUT2D eigenvalue weighted by Gasteiger charge is -2.24. The van der Waals surface area contributed by atoms with Crippen molar-refractivity contribution in [1.82, 2.24) is 25.3 Å². The second-order valence-corrected chi connectivity index (χ2v) is 8.65. The number of rotatable bonds is 10. The van der Waals surface area contributed by atoms with Gasteiger partial charge in [-0.15, -0.1) is 0 Å². The summed E-state index contributed by atoms with van der Waals surface area (Å²) in [5.74, 6) is 2.18. The maximum Gasteiger partial charge on any atom is 0.191 e. The summed E-state index contributed by atoms with van der Waals surface area (Å²) in [4.78, 5) is 7.02. The Hall–Kier alpha value is -2.58. The summed E-state index contributed by atoms with van der Waals surface area (Å²) in [6.07, 6.45) is 5.04. The molecule has 1 aromatic carbocycles. The van der Waals surface area contributed by atoms with Gasteiger partial charge in [0.2, 0.25) is 0 Å². The van der Waals surface area contributed by atoms with Gasteiger partial charge in [0.15, 0.2) is 5.96 Å². The first kappa shape index (κ1) is 24.1. The van der Waals surface area contributed by atoms with E-state index in [9.17, 15) is 0 Å². The van der Waals surface area contributed by atoms with Gasteiger partial charge in [-0.1, -0.05) is 12.1 Å². The van der Waals surface area contributed by atoms with Gasteiger partial charge in [-0.2, -0.15) is 5.10 Å². The molecule has 176 valence electrons. The zero-order valence-corrected chi connectivity index (χ0v) is 20.1. The van der Waals surface area contributed by atoms with Crippen molar-refractivity contribution in [2.75, 3.05) is 47.0 Å². The summed E-state index contributed by atoms with van der Waals surface area (Å²) < 4.78 is 13.5. The number of aromatic nitrogens is 2. The number of benzene rings is 1. The number of hydrogen-bond acceptors (Lipinski definition) is 5.